The molecule has 0 spiro atoms. The van der Waals surface area contributed by atoms with Crippen molar-refractivity contribution in [3.05, 3.63) is 33.6 Å². The zero-order chi connectivity index (χ0) is 15.5. The first-order chi connectivity index (χ1) is 9.16. The van der Waals surface area contributed by atoms with Gasteiger partial charge >= 0.3 is 0 Å². The van der Waals surface area contributed by atoms with Gasteiger partial charge in [0.15, 0.2) is 0 Å². The van der Waals surface area contributed by atoms with E-state index < -0.39 is 10.7 Å². The van der Waals surface area contributed by atoms with Crippen molar-refractivity contribution < 1.29 is 14.4 Å². The third-order valence-corrected chi connectivity index (χ3v) is 3.27. The number of aryl methyl sites for hydroxylation is 1. The topological polar surface area (TPSA) is 75.4 Å². The molecule has 1 rings (SSSR count). The monoisotopic (exact) mass is 284 g/mol. The smallest absolute Gasteiger partial charge is 0.295 e. The Morgan fingerprint density at radius 3 is 2.50 bits per heavy atom. The molecule has 1 atom stereocenters. The van der Waals surface area contributed by atoms with Crippen LogP contribution in [0.4, 0.5) is 15.8 Å². The maximum atomic E-state index is 13.5. The van der Waals surface area contributed by atoms with E-state index in [0.717, 1.165) is 6.07 Å². The van der Waals surface area contributed by atoms with E-state index in [9.17, 15) is 14.5 Å². The molecule has 1 aromatic carbocycles. The van der Waals surface area contributed by atoms with Crippen LogP contribution in [0.15, 0.2) is 12.1 Å². The number of nitro benzene ring substituents is 1. The van der Waals surface area contributed by atoms with Gasteiger partial charge in [-0.25, -0.2) is 4.39 Å². The van der Waals surface area contributed by atoms with E-state index in [4.69, 9.17) is 5.11 Å². The molecule has 0 radical (unpaired) electrons. The lowest BCUT2D eigenvalue weighted by molar-refractivity contribution is -0.384. The van der Waals surface area contributed by atoms with Crippen molar-refractivity contribution >= 4 is 11.4 Å². The van der Waals surface area contributed by atoms with Crippen LogP contribution >= 0.6 is 0 Å². The number of halogens is 1. The van der Waals surface area contributed by atoms with Crippen molar-refractivity contribution in [2.75, 3.05) is 11.9 Å². The highest BCUT2D eigenvalue weighted by molar-refractivity contribution is 5.63. The standard InChI is InChI=1S/C14H21FN2O3/c1-9-7-11(12(17(19)20)8-10(9)15)16-13(5-6-18)14(2,3)4/h7-8,13,16,18H,5-6H2,1-4H3. The molecule has 0 aromatic heterocycles. The van der Waals surface area contributed by atoms with Crippen LogP contribution in [0.2, 0.25) is 0 Å². The second kappa shape index (κ2) is 6.17. The summed E-state index contributed by atoms with van der Waals surface area (Å²) in [5, 5.41) is 23.2. The maximum absolute atomic E-state index is 13.5. The van der Waals surface area contributed by atoms with Crippen molar-refractivity contribution in [1.82, 2.24) is 0 Å². The first-order valence-corrected chi connectivity index (χ1v) is 6.48. The van der Waals surface area contributed by atoms with Crippen molar-refractivity contribution in [3.63, 3.8) is 0 Å². The van der Waals surface area contributed by atoms with Gasteiger partial charge in [0.25, 0.3) is 5.69 Å². The number of nitrogens with zero attached hydrogens (tertiary/aromatic N) is 1. The molecule has 112 valence electrons. The molecule has 0 bridgehead atoms. The summed E-state index contributed by atoms with van der Waals surface area (Å²) in [5.41, 5.74) is 0.135. The maximum Gasteiger partial charge on any atom is 0.295 e. The molecule has 0 aliphatic heterocycles. The first-order valence-electron chi connectivity index (χ1n) is 6.48. The second-order valence-corrected chi connectivity index (χ2v) is 5.95. The molecule has 0 aliphatic rings. The minimum Gasteiger partial charge on any atom is -0.396 e. The molecule has 0 saturated carbocycles. The summed E-state index contributed by atoms with van der Waals surface area (Å²) in [6, 6.07) is 2.20. The molecular weight excluding hydrogens is 263 g/mol. The van der Waals surface area contributed by atoms with Crippen molar-refractivity contribution in [2.45, 2.75) is 40.2 Å². The van der Waals surface area contributed by atoms with Crippen molar-refractivity contribution in [2.24, 2.45) is 5.41 Å². The fraction of sp³-hybridized carbons (Fsp3) is 0.571. The Balaban J connectivity index is 3.18. The summed E-state index contributed by atoms with van der Waals surface area (Å²) < 4.78 is 13.5. The molecule has 0 amide bonds. The van der Waals surface area contributed by atoms with Gasteiger partial charge in [0.2, 0.25) is 0 Å². The SMILES string of the molecule is Cc1cc(NC(CCO)C(C)(C)C)c([N+](=O)[O-])cc1F. The predicted octanol–water partition coefficient (Wildman–Crippen LogP) is 3.25. The molecule has 0 fully saturated rings. The van der Waals surface area contributed by atoms with Crippen LogP contribution in [0.5, 0.6) is 0 Å². The zero-order valence-corrected chi connectivity index (χ0v) is 12.2. The fourth-order valence-corrected chi connectivity index (χ4v) is 1.98. The summed E-state index contributed by atoms with van der Waals surface area (Å²) in [4.78, 5) is 10.4. The molecule has 6 heteroatoms. The van der Waals surface area contributed by atoms with Gasteiger partial charge in [-0.05, 0) is 30.4 Å². The molecule has 1 unspecified atom stereocenters. The van der Waals surface area contributed by atoms with Crippen LogP contribution in [0.1, 0.15) is 32.8 Å². The number of nitrogens with one attached hydrogen (secondary N) is 1. The summed E-state index contributed by atoms with van der Waals surface area (Å²) in [5.74, 6) is -0.600. The van der Waals surface area contributed by atoms with Gasteiger partial charge in [-0.15, -0.1) is 0 Å². The molecule has 0 heterocycles. The Hall–Kier alpha value is -1.69. The summed E-state index contributed by atoms with van der Waals surface area (Å²) in [6.07, 6.45) is 0.455. The van der Waals surface area contributed by atoms with Crippen LogP contribution in [0.25, 0.3) is 0 Å². The van der Waals surface area contributed by atoms with E-state index in [1.807, 2.05) is 20.8 Å². The Morgan fingerprint density at radius 2 is 2.05 bits per heavy atom. The van der Waals surface area contributed by atoms with E-state index in [2.05, 4.69) is 5.32 Å². The summed E-state index contributed by atoms with van der Waals surface area (Å²) in [6.45, 7) is 7.46. The Morgan fingerprint density at radius 1 is 1.45 bits per heavy atom. The van der Waals surface area contributed by atoms with Crippen LogP contribution in [0.3, 0.4) is 0 Å². The lowest BCUT2D eigenvalue weighted by Crippen LogP contribution is -2.35. The van der Waals surface area contributed by atoms with Crippen LogP contribution < -0.4 is 5.32 Å². The number of hydrogen-bond donors (Lipinski definition) is 2. The summed E-state index contributed by atoms with van der Waals surface area (Å²) in [7, 11) is 0. The number of anilines is 1. The highest BCUT2D eigenvalue weighted by Gasteiger charge is 2.27. The second-order valence-electron chi connectivity index (χ2n) is 5.95. The van der Waals surface area contributed by atoms with Gasteiger partial charge in [-0.1, -0.05) is 20.8 Å². The normalized spacial score (nSPS) is 13.1. The van der Waals surface area contributed by atoms with Crippen molar-refractivity contribution in [3.8, 4) is 0 Å². The average Bonchev–Trinajstić information content (AvgIpc) is 2.31. The third-order valence-electron chi connectivity index (χ3n) is 3.27. The predicted molar refractivity (Wildman–Crippen MR) is 76.4 cm³/mol. The molecule has 5 nitrogen and oxygen atoms in total. The van der Waals surface area contributed by atoms with E-state index >= 15 is 0 Å². The molecular formula is C14H21FN2O3. The number of benzene rings is 1. The first kappa shape index (κ1) is 16.4. The number of hydrogen-bond acceptors (Lipinski definition) is 4. The van der Waals surface area contributed by atoms with E-state index in [1.165, 1.54) is 6.07 Å². The van der Waals surface area contributed by atoms with Gasteiger partial charge in [0.1, 0.15) is 11.5 Å². The van der Waals surface area contributed by atoms with E-state index in [-0.39, 0.29) is 29.4 Å². The number of aliphatic hydroxyl groups excluding tert-OH is 1. The number of aliphatic hydroxyl groups is 1. The van der Waals surface area contributed by atoms with Gasteiger partial charge in [-0.2, -0.15) is 0 Å². The number of rotatable bonds is 5. The molecule has 2 N–H and O–H groups in total. The number of nitro groups is 1. The zero-order valence-electron chi connectivity index (χ0n) is 12.2. The van der Waals surface area contributed by atoms with E-state index in [0.29, 0.717) is 12.0 Å². The Kier molecular flexibility index (Phi) is 5.05. The minimum atomic E-state index is -0.608. The molecule has 0 aliphatic carbocycles. The van der Waals surface area contributed by atoms with Gasteiger partial charge in [0, 0.05) is 12.6 Å². The van der Waals surface area contributed by atoms with Crippen LogP contribution in [-0.4, -0.2) is 22.7 Å². The average molecular weight is 284 g/mol. The Bertz CT molecular complexity index is 498. The fourth-order valence-electron chi connectivity index (χ4n) is 1.98. The molecule has 1 aromatic rings. The van der Waals surface area contributed by atoms with Gasteiger partial charge < -0.3 is 10.4 Å². The summed E-state index contributed by atoms with van der Waals surface area (Å²) >= 11 is 0. The van der Waals surface area contributed by atoms with Gasteiger partial charge in [-0.3, -0.25) is 10.1 Å². The Labute approximate surface area is 118 Å². The highest BCUT2D eigenvalue weighted by Crippen LogP contribution is 2.32. The largest absolute Gasteiger partial charge is 0.396 e. The lowest BCUT2D eigenvalue weighted by Gasteiger charge is -2.32. The van der Waals surface area contributed by atoms with E-state index in [1.54, 1.807) is 6.92 Å². The van der Waals surface area contributed by atoms with Crippen LogP contribution in [0, 0.1) is 28.3 Å². The highest BCUT2D eigenvalue weighted by atomic mass is 19.1. The third kappa shape index (κ3) is 3.90. The lowest BCUT2D eigenvalue weighted by atomic mass is 9.84. The molecule has 0 saturated heterocycles. The quantitative estimate of drug-likeness (QED) is 0.643. The van der Waals surface area contributed by atoms with Crippen molar-refractivity contribution in [1.29, 1.82) is 0 Å². The van der Waals surface area contributed by atoms with Crippen LogP contribution in [-0.2, 0) is 0 Å². The van der Waals surface area contributed by atoms with Gasteiger partial charge in [0.05, 0.1) is 11.0 Å². The molecule has 20 heavy (non-hydrogen) atoms. The minimum absolute atomic E-state index is 0.0249.